The van der Waals surface area contributed by atoms with Crippen LogP contribution in [0.25, 0.3) is 0 Å². The second kappa shape index (κ2) is 9.93. The Labute approximate surface area is 171 Å². The molecule has 1 amide bonds. The van der Waals surface area contributed by atoms with Crippen molar-refractivity contribution in [3.05, 3.63) is 53.6 Å². The van der Waals surface area contributed by atoms with Crippen molar-refractivity contribution < 1.29 is 19.0 Å². The summed E-state index contributed by atoms with van der Waals surface area (Å²) in [5.74, 6) is 1.38. The number of nitrogens with zero attached hydrogens (tertiary/aromatic N) is 1. The van der Waals surface area contributed by atoms with Crippen molar-refractivity contribution >= 4 is 17.6 Å². The van der Waals surface area contributed by atoms with Crippen molar-refractivity contribution in [3.8, 4) is 11.5 Å². The number of aliphatic imine (C=N–C) groups is 1. The van der Waals surface area contributed by atoms with Gasteiger partial charge in [0.15, 0.2) is 0 Å². The Morgan fingerprint density at radius 3 is 2.41 bits per heavy atom. The van der Waals surface area contributed by atoms with E-state index in [1.165, 1.54) is 0 Å². The number of guanidine groups is 1. The molecule has 3 rings (SSSR count). The van der Waals surface area contributed by atoms with Crippen LogP contribution in [0.2, 0.25) is 0 Å². The van der Waals surface area contributed by atoms with Crippen LogP contribution < -0.4 is 20.1 Å². The summed E-state index contributed by atoms with van der Waals surface area (Å²) in [6.45, 7) is 3.21. The quantitative estimate of drug-likeness (QED) is 0.577. The molecule has 1 aliphatic heterocycles. The van der Waals surface area contributed by atoms with Gasteiger partial charge in [-0.2, -0.15) is 0 Å². The molecule has 0 aliphatic carbocycles. The van der Waals surface area contributed by atoms with Gasteiger partial charge in [-0.3, -0.25) is 10.1 Å². The number of hydrogen-bond acceptors (Lipinski definition) is 5. The number of amides is 1. The number of nitrogens with one attached hydrogen (secondary N) is 2. The molecule has 0 aromatic heterocycles. The van der Waals surface area contributed by atoms with E-state index in [4.69, 9.17) is 14.2 Å². The summed E-state index contributed by atoms with van der Waals surface area (Å²) in [6.07, 6.45) is 2.07. The first-order valence-electron chi connectivity index (χ1n) is 9.61. The molecule has 1 heterocycles. The molecule has 2 aromatic carbocycles. The minimum Gasteiger partial charge on any atom is -0.497 e. The molecule has 1 fully saturated rings. The van der Waals surface area contributed by atoms with Crippen molar-refractivity contribution in [1.82, 2.24) is 5.32 Å². The minimum atomic E-state index is -0.238. The smallest absolute Gasteiger partial charge is 0.257 e. The largest absolute Gasteiger partial charge is 0.497 e. The van der Waals surface area contributed by atoms with Crippen LogP contribution >= 0.6 is 0 Å². The fourth-order valence-corrected chi connectivity index (χ4v) is 2.99. The molecule has 1 unspecified atom stereocenters. The number of rotatable bonds is 6. The van der Waals surface area contributed by atoms with Gasteiger partial charge < -0.3 is 19.5 Å². The standard InChI is InChI=1S/C22H27N3O4/c1-15-6-8-16(9-7-15)21(26)25-22(23-14-18-5-4-10-29-18)24-17-11-19(27-2)13-20(12-17)28-3/h6-9,11-13,18H,4-5,10,14H2,1-3H3,(H2,23,24,25,26). The summed E-state index contributed by atoms with van der Waals surface area (Å²) in [6, 6.07) is 12.8. The lowest BCUT2D eigenvalue weighted by Crippen LogP contribution is -2.36. The number of ether oxygens (including phenoxy) is 3. The topological polar surface area (TPSA) is 81.2 Å². The molecule has 0 bridgehead atoms. The van der Waals surface area contributed by atoms with Crippen LogP contribution in [0.3, 0.4) is 0 Å². The average molecular weight is 397 g/mol. The summed E-state index contributed by atoms with van der Waals surface area (Å²) in [7, 11) is 3.17. The normalized spacial score (nSPS) is 16.4. The van der Waals surface area contributed by atoms with Crippen molar-refractivity contribution in [2.24, 2.45) is 4.99 Å². The molecule has 0 radical (unpaired) electrons. The third-order valence-electron chi connectivity index (χ3n) is 4.64. The predicted molar refractivity (Wildman–Crippen MR) is 113 cm³/mol. The number of anilines is 1. The van der Waals surface area contributed by atoms with Crippen LogP contribution in [0.5, 0.6) is 11.5 Å². The molecule has 2 N–H and O–H groups in total. The van der Waals surface area contributed by atoms with E-state index in [9.17, 15) is 4.79 Å². The Hall–Kier alpha value is -3.06. The van der Waals surface area contributed by atoms with Gasteiger partial charge in [0.1, 0.15) is 11.5 Å². The Morgan fingerprint density at radius 1 is 1.14 bits per heavy atom. The molecular weight excluding hydrogens is 370 g/mol. The fraction of sp³-hybridized carbons (Fsp3) is 0.364. The first-order valence-corrected chi connectivity index (χ1v) is 9.61. The van der Waals surface area contributed by atoms with Crippen molar-refractivity contribution in [2.75, 3.05) is 32.7 Å². The number of carbonyl (C=O) groups is 1. The second-order valence-corrected chi connectivity index (χ2v) is 6.87. The highest BCUT2D eigenvalue weighted by molar-refractivity contribution is 6.10. The van der Waals surface area contributed by atoms with Crippen molar-refractivity contribution in [2.45, 2.75) is 25.9 Å². The monoisotopic (exact) mass is 397 g/mol. The maximum Gasteiger partial charge on any atom is 0.257 e. The van der Waals surface area contributed by atoms with Gasteiger partial charge in [0, 0.05) is 36.1 Å². The van der Waals surface area contributed by atoms with Gasteiger partial charge in [-0.25, -0.2) is 4.99 Å². The van der Waals surface area contributed by atoms with Gasteiger partial charge in [-0.05, 0) is 31.9 Å². The summed E-state index contributed by atoms with van der Waals surface area (Å²) < 4.78 is 16.3. The second-order valence-electron chi connectivity index (χ2n) is 6.87. The van der Waals surface area contributed by atoms with E-state index in [0.717, 1.165) is 25.0 Å². The molecule has 7 heteroatoms. The van der Waals surface area contributed by atoms with Gasteiger partial charge >= 0.3 is 0 Å². The van der Waals surface area contributed by atoms with Crippen LogP contribution in [0, 0.1) is 6.92 Å². The Bertz CT molecular complexity index is 837. The van der Waals surface area contributed by atoms with Gasteiger partial charge in [0.25, 0.3) is 5.91 Å². The molecule has 29 heavy (non-hydrogen) atoms. The molecular formula is C22H27N3O4. The summed E-state index contributed by atoms with van der Waals surface area (Å²) in [5.41, 5.74) is 2.34. The zero-order chi connectivity index (χ0) is 20.6. The molecule has 154 valence electrons. The van der Waals surface area contributed by atoms with Gasteiger partial charge in [-0.15, -0.1) is 0 Å². The van der Waals surface area contributed by atoms with E-state index < -0.39 is 0 Å². The number of hydrogen-bond donors (Lipinski definition) is 2. The van der Waals surface area contributed by atoms with Crippen LogP contribution in [0.1, 0.15) is 28.8 Å². The number of methoxy groups -OCH3 is 2. The highest BCUT2D eigenvalue weighted by Crippen LogP contribution is 2.25. The van der Waals surface area contributed by atoms with Crippen LogP contribution in [0.15, 0.2) is 47.5 Å². The fourth-order valence-electron chi connectivity index (χ4n) is 2.99. The highest BCUT2D eigenvalue weighted by Gasteiger charge is 2.16. The summed E-state index contributed by atoms with van der Waals surface area (Å²) in [4.78, 5) is 17.2. The third kappa shape index (κ3) is 5.96. The number of carbonyl (C=O) groups excluding carboxylic acids is 1. The first-order chi connectivity index (χ1) is 14.1. The average Bonchev–Trinajstić information content (AvgIpc) is 3.25. The molecule has 1 saturated heterocycles. The lowest BCUT2D eigenvalue weighted by Gasteiger charge is -2.15. The number of benzene rings is 2. The van der Waals surface area contributed by atoms with Crippen LogP contribution in [-0.4, -0.2) is 45.3 Å². The Kier molecular flexibility index (Phi) is 7.08. The van der Waals surface area contributed by atoms with Gasteiger partial charge in [0.05, 0.1) is 26.9 Å². The Morgan fingerprint density at radius 2 is 1.83 bits per heavy atom. The van der Waals surface area contributed by atoms with Gasteiger partial charge in [0.2, 0.25) is 5.96 Å². The summed E-state index contributed by atoms with van der Waals surface area (Å²) in [5, 5.41) is 6.03. The van der Waals surface area contributed by atoms with Gasteiger partial charge in [-0.1, -0.05) is 17.7 Å². The van der Waals surface area contributed by atoms with Crippen molar-refractivity contribution in [1.29, 1.82) is 0 Å². The molecule has 1 aliphatic rings. The van der Waals surface area contributed by atoms with E-state index in [0.29, 0.717) is 35.3 Å². The lowest BCUT2D eigenvalue weighted by molar-refractivity contribution is 0.0975. The molecule has 1 atom stereocenters. The van der Waals surface area contributed by atoms with Crippen LogP contribution in [0.4, 0.5) is 5.69 Å². The van der Waals surface area contributed by atoms with E-state index in [-0.39, 0.29) is 12.0 Å². The summed E-state index contributed by atoms with van der Waals surface area (Å²) >= 11 is 0. The number of aryl methyl sites for hydroxylation is 1. The zero-order valence-corrected chi connectivity index (χ0v) is 17.0. The molecule has 0 saturated carbocycles. The highest BCUT2D eigenvalue weighted by atomic mass is 16.5. The predicted octanol–water partition coefficient (Wildman–Crippen LogP) is 3.39. The first kappa shape index (κ1) is 20.7. The van der Waals surface area contributed by atoms with Crippen LogP contribution in [-0.2, 0) is 4.74 Å². The van der Waals surface area contributed by atoms with E-state index in [1.54, 1.807) is 32.4 Å². The van der Waals surface area contributed by atoms with E-state index >= 15 is 0 Å². The Balaban J connectivity index is 1.79. The lowest BCUT2D eigenvalue weighted by atomic mass is 10.1. The maximum atomic E-state index is 12.7. The van der Waals surface area contributed by atoms with Crippen molar-refractivity contribution in [3.63, 3.8) is 0 Å². The minimum absolute atomic E-state index is 0.0722. The van der Waals surface area contributed by atoms with E-state index in [2.05, 4.69) is 15.6 Å². The SMILES string of the molecule is COc1cc(NC(=NCC2CCCO2)NC(=O)c2ccc(C)cc2)cc(OC)c1. The third-order valence-corrected chi connectivity index (χ3v) is 4.64. The zero-order valence-electron chi connectivity index (χ0n) is 17.0. The molecule has 2 aromatic rings. The maximum absolute atomic E-state index is 12.7. The molecule has 7 nitrogen and oxygen atoms in total. The van der Waals surface area contributed by atoms with E-state index in [1.807, 2.05) is 31.2 Å². The molecule has 0 spiro atoms.